The Labute approximate surface area is 117 Å². The summed E-state index contributed by atoms with van der Waals surface area (Å²) in [7, 11) is 0. The van der Waals surface area contributed by atoms with E-state index in [4.69, 9.17) is 0 Å². The van der Waals surface area contributed by atoms with Gasteiger partial charge in [0.2, 0.25) is 5.91 Å². The molecule has 2 saturated heterocycles. The van der Waals surface area contributed by atoms with Gasteiger partial charge in [0.15, 0.2) is 0 Å². The highest BCUT2D eigenvalue weighted by Crippen LogP contribution is 2.11. The first kappa shape index (κ1) is 14.8. The van der Waals surface area contributed by atoms with Crippen LogP contribution < -0.4 is 5.32 Å². The molecule has 0 spiro atoms. The average Bonchev–Trinajstić information content (AvgIpc) is 2.48. The smallest absolute Gasteiger partial charge is 0.236 e. The summed E-state index contributed by atoms with van der Waals surface area (Å²) in [5, 5.41) is 3.57. The van der Waals surface area contributed by atoms with E-state index in [1.54, 1.807) is 0 Å². The van der Waals surface area contributed by atoms with Crippen molar-refractivity contribution < 1.29 is 4.79 Å². The van der Waals surface area contributed by atoms with Gasteiger partial charge in [0.25, 0.3) is 0 Å². The maximum atomic E-state index is 12.3. The molecule has 2 fully saturated rings. The zero-order valence-electron chi connectivity index (χ0n) is 12.4. The number of carbonyl (C=O) groups is 1. The summed E-state index contributed by atoms with van der Waals surface area (Å²) in [5.74, 6) is 0.331. The summed E-state index contributed by atoms with van der Waals surface area (Å²) in [6.07, 6.45) is 7.54. The van der Waals surface area contributed by atoms with Gasteiger partial charge in [-0.3, -0.25) is 9.69 Å². The molecule has 0 aromatic heterocycles. The van der Waals surface area contributed by atoms with Crippen molar-refractivity contribution in [2.75, 3.05) is 39.3 Å². The molecular formula is C15H29N3O. The number of nitrogens with zero attached hydrogens (tertiary/aromatic N) is 2. The Morgan fingerprint density at radius 2 is 2.00 bits per heavy atom. The SMILES string of the molecule is CCN(CC(=O)N1CCCCC1)CC1CCCCN1. The van der Waals surface area contributed by atoms with Gasteiger partial charge in [-0.15, -0.1) is 0 Å². The molecule has 4 heteroatoms. The van der Waals surface area contributed by atoms with Crippen molar-refractivity contribution >= 4 is 5.91 Å². The predicted molar refractivity (Wildman–Crippen MR) is 78.2 cm³/mol. The van der Waals surface area contributed by atoms with Gasteiger partial charge < -0.3 is 10.2 Å². The predicted octanol–water partition coefficient (Wildman–Crippen LogP) is 1.46. The molecule has 1 unspecified atom stereocenters. The second-order valence-electron chi connectivity index (χ2n) is 5.92. The largest absolute Gasteiger partial charge is 0.342 e. The lowest BCUT2D eigenvalue weighted by Gasteiger charge is -2.32. The highest BCUT2D eigenvalue weighted by Gasteiger charge is 2.21. The molecular weight excluding hydrogens is 238 g/mol. The van der Waals surface area contributed by atoms with Gasteiger partial charge in [0, 0.05) is 25.7 Å². The number of rotatable bonds is 5. The van der Waals surface area contributed by atoms with Gasteiger partial charge >= 0.3 is 0 Å². The number of likely N-dealkylation sites (N-methyl/N-ethyl adjacent to an activating group) is 1. The quantitative estimate of drug-likeness (QED) is 0.819. The Morgan fingerprint density at radius 3 is 2.63 bits per heavy atom. The van der Waals surface area contributed by atoms with E-state index >= 15 is 0 Å². The molecule has 2 rings (SSSR count). The van der Waals surface area contributed by atoms with E-state index in [0.29, 0.717) is 18.5 Å². The topological polar surface area (TPSA) is 35.6 Å². The zero-order valence-corrected chi connectivity index (χ0v) is 12.4. The number of nitrogens with one attached hydrogen (secondary N) is 1. The molecule has 0 radical (unpaired) electrons. The molecule has 1 N–H and O–H groups in total. The Hall–Kier alpha value is -0.610. The Morgan fingerprint density at radius 1 is 1.21 bits per heavy atom. The first-order chi connectivity index (χ1) is 9.29. The second kappa shape index (κ2) is 7.85. The molecule has 1 amide bonds. The molecule has 19 heavy (non-hydrogen) atoms. The van der Waals surface area contributed by atoms with Crippen molar-refractivity contribution in [1.29, 1.82) is 0 Å². The minimum absolute atomic E-state index is 0.331. The molecule has 0 aromatic rings. The van der Waals surface area contributed by atoms with Crippen LogP contribution in [0.5, 0.6) is 0 Å². The highest BCUT2D eigenvalue weighted by atomic mass is 16.2. The summed E-state index contributed by atoms with van der Waals surface area (Å²) < 4.78 is 0. The normalized spacial score (nSPS) is 24.7. The van der Waals surface area contributed by atoms with Crippen LogP contribution in [0, 0.1) is 0 Å². The molecule has 4 nitrogen and oxygen atoms in total. The minimum atomic E-state index is 0.331. The fourth-order valence-corrected chi connectivity index (χ4v) is 3.13. The van der Waals surface area contributed by atoms with E-state index in [1.165, 1.54) is 38.5 Å². The van der Waals surface area contributed by atoms with Crippen LogP contribution in [-0.4, -0.2) is 61.0 Å². The van der Waals surface area contributed by atoms with Crippen LogP contribution in [0.25, 0.3) is 0 Å². The van der Waals surface area contributed by atoms with Crippen LogP contribution in [0.15, 0.2) is 0 Å². The van der Waals surface area contributed by atoms with E-state index in [-0.39, 0.29) is 0 Å². The molecule has 0 aliphatic carbocycles. The molecule has 110 valence electrons. The number of carbonyl (C=O) groups excluding carboxylic acids is 1. The number of amides is 1. The maximum absolute atomic E-state index is 12.3. The van der Waals surface area contributed by atoms with Crippen LogP contribution in [0.2, 0.25) is 0 Å². The van der Waals surface area contributed by atoms with E-state index < -0.39 is 0 Å². The first-order valence-corrected chi connectivity index (χ1v) is 8.03. The van der Waals surface area contributed by atoms with Crippen molar-refractivity contribution in [1.82, 2.24) is 15.1 Å². The molecule has 0 aromatic carbocycles. The first-order valence-electron chi connectivity index (χ1n) is 8.03. The lowest BCUT2D eigenvalue weighted by Crippen LogP contribution is -2.48. The zero-order chi connectivity index (χ0) is 13.5. The van der Waals surface area contributed by atoms with Gasteiger partial charge in [-0.25, -0.2) is 0 Å². The standard InChI is InChI=1S/C15H29N3O/c1-2-17(12-14-8-4-5-9-16-14)13-15(19)18-10-6-3-7-11-18/h14,16H,2-13H2,1H3. The summed E-state index contributed by atoms with van der Waals surface area (Å²) in [5.41, 5.74) is 0. The Bertz CT molecular complexity index is 271. The number of hydrogen-bond acceptors (Lipinski definition) is 3. The Kier molecular flexibility index (Phi) is 6.11. The van der Waals surface area contributed by atoms with E-state index in [2.05, 4.69) is 22.0 Å². The Balaban J connectivity index is 1.75. The lowest BCUT2D eigenvalue weighted by atomic mass is 10.0. The van der Waals surface area contributed by atoms with Gasteiger partial charge in [-0.05, 0) is 45.2 Å². The monoisotopic (exact) mass is 267 g/mol. The summed E-state index contributed by atoms with van der Waals surface area (Å²) in [6.45, 7) is 7.84. The lowest BCUT2D eigenvalue weighted by molar-refractivity contribution is -0.133. The number of hydrogen-bond donors (Lipinski definition) is 1. The number of piperidine rings is 2. The van der Waals surface area contributed by atoms with Crippen molar-refractivity contribution in [2.24, 2.45) is 0 Å². The van der Waals surface area contributed by atoms with Crippen LogP contribution in [-0.2, 0) is 4.79 Å². The number of likely N-dealkylation sites (tertiary alicyclic amines) is 1. The van der Waals surface area contributed by atoms with Gasteiger partial charge in [0.1, 0.15) is 0 Å². The fourth-order valence-electron chi connectivity index (χ4n) is 3.13. The highest BCUT2D eigenvalue weighted by molar-refractivity contribution is 5.78. The van der Waals surface area contributed by atoms with Crippen molar-refractivity contribution in [3.05, 3.63) is 0 Å². The maximum Gasteiger partial charge on any atom is 0.236 e. The molecule has 2 heterocycles. The summed E-state index contributed by atoms with van der Waals surface area (Å²) in [4.78, 5) is 16.6. The van der Waals surface area contributed by atoms with Gasteiger partial charge in [-0.1, -0.05) is 13.3 Å². The minimum Gasteiger partial charge on any atom is -0.342 e. The summed E-state index contributed by atoms with van der Waals surface area (Å²) >= 11 is 0. The summed E-state index contributed by atoms with van der Waals surface area (Å²) in [6, 6.07) is 0.586. The van der Waals surface area contributed by atoms with Crippen LogP contribution in [0.1, 0.15) is 45.4 Å². The van der Waals surface area contributed by atoms with E-state index in [0.717, 1.165) is 32.7 Å². The molecule has 1 atom stereocenters. The van der Waals surface area contributed by atoms with Crippen molar-refractivity contribution in [3.63, 3.8) is 0 Å². The molecule has 2 aliphatic rings. The van der Waals surface area contributed by atoms with E-state index in [9.17, 15) is 4.79 Å². The third-order valence-electron chi connectivity index (χ3n) is 4.41. The van der Waals surface area contributed by atoms with Crippen molar-refractivity contribution in [3.8, 4) is 0 Å². The molecule has 2 aliphatic heterocycles. The third-order valence-corrected chi connectivity index (χ3v) is 4.41. The third kappa shape index (κ3) is 4.77. The van der Waals surface area contributed by atoms with Crippen LogP contribution in [0.4, 0.5) is 0 Å². The second-order valence-corrected chi connectivity index (χ2v) is 5.92. The van der Waals surface area contributed by atoms with Crippen LogP contribution in [0.3, 0.4) is 0 Å². The van der Waals surface area contributed by atoms with E-state index in [1.807, 2.05) is 0 Å². The van der Waals surface area contributed by atoms with Crippen LogP contribution >= 0.6 is 0 Å². The average molecular weight is 267 g/mol. The molecule has 0 saturated carbocycles. The van der Waals surface area contributed by atoms with Gasteiger partial charge in [0.05, 0.1) is 6.54 Å². The van der Waals surface area contributed by atoms with Gasteiger partial charge in [-0.2, -0.15) is 0 Å². The fraction of sp³-hybridized carbons (Fsp3) is 0.933. The molecule has 0 bridgehead atoms. The van der Waals surface area contributed by atoms with Crippen molar-refractivity contribution in [2.45, 2.75) is 51.5 Å².